The lowest BCUT2D eigenvalue weighted by molar-refractivity contribution is 0.0128. The predicted molar refractivity (Wildman–Crippen MR) is 74.5 cm³/mol. The highest BCUT2D eigenvalue weighted by Gasteiger charge is 2.19. The lowest BCUT2D eigenvalue weighted by Crippen LogP contribution is -2.31. The van der Waals surface area contributed by atoms with Crippen molar-refractivity contribution >= 4 is 5.69 Å². The molecule has 1 unspecified atom stereocenters. The normalized spacial score (nSPS) is 12.8. The molecule has 3 nitrogen and oxygen atoms in total. The van der Waals surface area contributed by atoms with Crippen LogP contribution in [0.3, 0.4) is 0 Å². The summed E-state index contributed by atoms with van der Waals surface area (Å²) in [5, 5.41) is 12.0. The maximum Gasteiger partial charge on any atom is 0.0669 e. The van der Waals surface area contributed by atoms with Gasteiger partial charge in [0.2, 0.25) is 0 Å². The zero-order valence-corrected chi connectivity index (χ0v) is 11.7. The lowest BCUT2D eigenvalue weighted by atomic mass is 9.99. The van der Waals surface area contributed by atoms with E-state index in [1.807, 2.05) is 24.3 Å². The third-order valence-corrected chi connectivity index (χ3v) is 3.00. The molecule has 98 valence electrons. The fourth-order valence-corrected chi connectivity index (χ4v) is 1.97. The number of nitrogens with zero attached hydrogens (tertiary/aromatic N) is 1. The van der Waals surface area contributed by atoms with Crippen molar-refractivity contribution in [2.75, 3.05) is 12.4 Å². The second kappa shape index (κ2) is 6.42. The largest absolute Gasteiger partial charge is 0.382 e. The van der Waals surface area contributed by atoms with Crippen LogP contribution in [0.15, 0.2) is 24.3 Å². The molecule has 0 aromatic heterocycles. The highest BCUT2D eigenvalue weighted by Crippen LogP contribution is 2.19. The first kappa shape index (κ1) is 14.5. The minimum atomic E-state index is -0.118. The van der Waals surface area contributed by atoms with E-state index in [9.17, 15) is 0 Å². The molecule has 1 N–H and O–H groups in total. The van der Waals surface area contributed by atoms with Crippen molar-refractivity contribution in [2.45, 2.75) is 45.3 Å². The van der Waals surface area contributed by atoms with E-state index in [1.54, 1.807) is 7.11 Å². The minimum absolute atomic E-state index is 0.118. The van der Waals surface area contributed by atoms with Gasteiger partial charge in [-0.05, 0) is 44.9 Å². The average molecular weight is 246 g/mol. The van der Waals surface area contributed by atoms with Gasteiger partial charge in [-0.15, -0.1) is 0 Å². The minimum Gasteiger partial charge on any atom is -0.382 e. The Balaban J connectivity index is 2.54. The van der Waals surface area contributed by atoms with Gasteiger partial charge in [0.1, 0.15) is 0 Å². The van der Waals surface area contributed by atoms with Crippen LogP contribution in [0.2, 0.25) is 0 Å². The summed E-state index contributed by atoms with van der Waals surface area (Å²) in [7, 11) is 1.74. The van der Waals surface area contributed by atoms with Crippen molar-refractivity contribution in [2.24, 2.45) is 0 Å². The number of nitrogens with one attached hydrogen (secondary N) is 1. The zero-order chi connectivity index (χ0) is 13.6. The smallest absolute Gasteiger partial charge is 0.0669 e. The van der Waals surface area contributed by atoms with Gasteiger partial charge in [0, 0.05) is 18.8 Å². The van der Waals surface area contributed by atoms with Crippen molar-refractivity contribution in [3.05, 3.63) is 29.8 Å². The van der Waals surface area contributed by atoms with E-state index in [2.05, 4.69) is 32.2 Å². The molecule has 0 aliphatic heterocycles. The van der Waals surface area contributed by atoms with E-state index in [0.717, 1.165) is 17.7 Å². The number of anilines is 1. The number of ether oxygens (including phenoxy) is 1. The molecule has 0 fully saturated rings. The molecule has 0 saturated heterocycles. The monoisotopic (exact) mass is 246 g/mol. The van der Waals surface area contributed by atoms with Crippen LogP contribution < -0.4 is 5.32 Å². The molecule has 1 rings (SSSR count). The Morgan fingerprint density at radius 1 is 1.33 bits per heavy atom. The summed E-state index contributed by atoms with van der Waals surface area (Å²) in [6.45, 7) is 6.31. The molecule has 0 saturated carbocycles. The van der Waals surface area contributed by atoms with E-state index in [4.69, 9.17) is 10.00 Å². The second-order valence-electron chi connectivity index (χ2n) is 5.25. The third kappa shape index (κ3) is 4.77. The van der Waals surface area contributed by atoms with Crippen LogP contribution in [0.25, 0.3) is 0 Å². The standard InChI is InChI=1S/C15H22N2O/c1-12(11-15(2,3)18-4)17-14-7-5-13(6-8-14)9-10-16/h5-8,12,17H,9,11H2,1-4H3. The molecule has 0 spiro atoms. The van der Waals surface area contributed by atoms with Crippen LogP contribution in [0.4, 0.5) is 5.69 Å². The first-order chi connectivity index (χ1) is 8.46. The van der Waals surface area contributed by atoms with Crippen molar-refractivity contribution in [1.29, 1.82) is 5.26 Å². The first-order valence-corrected chi connectivity index (χ1v) is 6.24. The predicted octanol–water partition coefficient (Wildman–Crippen LogP) is 3.37. The summed E-state index contributed by atoms with van der Waals surface area (Å²) < 4.78 is 5.42. The number of methoxy groups -OCH3 is 1. The van der Waals surface area contributed by atoms with Crippen molar-refractivity contribution < 1.29 is 4.74 Å². The Morgan fingerprint density at radius 2 is 1.94 bits per heavy atom. The summed E-state index contributed by atoms with van der Waals surface area (Å²) in [4.78, 5) is 0. The summed E-state index contributed by atoms with van der Waals surface area (Å²) in [6, 6.07) is 10.5. The summed E-state index contributed by atoms with van der Waals surface area (Å²) in [6.07, 6.45) is 1.40. The highest BCUT2D eigenvalue weighted by atomic mass is 16.5. The molecule has 0 bridgehead atoms. The Labute approximate surface area is 110 Å². The molecule has 0 amide bonds. The molecule has 0 radical (unpaired) electrons. The van der Waals surface area contributed by atoms with Gasteiger partial charge in [-0.1, -0.05) is 12.1 Å². The van der Waals surface area contributed by atoms with E-state index in [1.165, 1.54) is 0 Å². The van der Waals surface area contributed by atoms with E-state index in [0.29, 0.717) is 12.5 Å². The fraction of sp³-hybridized carbons (Fsp3) is 0.533. The highest BCUT2D eigenvalue weighted by molar-refractivity contribution is 5.45. The quantitative estimate of drug-likeness (QED) is 0.837. The second-order valence-corrected chi connectivity index (χ2v) is 5.25. The van der Waals surface area contributed by atoms with Crippen LogP contribution in [0, 0.1) is 11.3 Å². The van der Waals surface area contributed by atoms with Crippen LogP contribution in [0.1, 0.15) is 32.8 Å². The lowest BCUT2D eigenvalue weighted by Gasteiger charge is -2.27. The fourth-order valence-electron chi connectivity index (χ4n) is 1.97. The topological polar surface area (TPSA) is 45.0 Å². The maximum atomic E-state index is 8.61. The van der Waals surface area contributed by atoms with Gasteiger partial charge in [0.05, 0.1) is 18.1 Å². The number of hydrogen-bond acceptors (Lipinski definition) is 3. The first-order valence-electron chi connectivity index (χ1n) is 6.24. The van der Waals surface area contributed by atoms with Gasteiger partial charge in [0.15, 0.2) is 0 Å². The Morgan fingerprint density at radius 3 is 2.44 bits per heavy atom. The number of benzene rings is 1. The third-order valence-electron chi connectivity index (χ3n) is 3.00. The molecule has 3 heteroatoms. The van der Waals surface area contributed by atoms with E-state index in [-0.39, 0.29) is 5.60 Å². The molecule has 1 atom stereocenters. The van der Waals surface area contributed by atoms with Crippen LogP contribution >= 0.6 is 0 Å². The molecule has 0 aliphatic rings. The number of hydrogen-bond donors (Lipinski definition) is 1. The Bertz CT molecular complexity index is 403. The average Bonchev–Trinajstić information content (AvgIpc) is 2.31. The molecule has 0 heterocycles. The summed E-state index contributed by atoms with van der Waals surface area (Å²) in [5.41, 5.74) is 2.01. The SMILES string of the molecule is COC(C)(C)CC(C)Nc1ccc(CC#N)cc1. The zero-order valence-electron chi connectivity index (χ0n) is 11.7. The van der Waals surface area contributed by atoms with Gasteiger partial charge >= 0.3 is 0 Å². The van der Waals surface area contributed by atoms with Crippen molar-refractivity contribution in [3.63, 3.8) is 0 Å². The van der Waals surface area contributed by atoms with Crippen LogP contribution in [0.5, 0.6) is 0 Å². The number of rotatable bonds is 6. The van der Waals surface area contributed by atoms with Gasteiger partial charge in [-0.25, -0.2) is 0 Å². The van der Waals surface area contributed by atoms with Crippen molar-refractivity contribution in [3.8, 4) is 6.07 Å². The van der Waals surface area contributed by atoms with Gasteiger partial charge in [-0.3, -0.25) is 0 Å². The van der Waals surface area contributed by atoms with Crippen molar-refractivity contribution in [1.82, 2.24) is 0 Å². The van der Waals surface area contributed by atoms with E-state index >= 15 is 0 Å². The molecular weight excluding hydrogens is 224 g/mol. The van der Waals surface area contributed by atoms with Gasteiger partial charge in [-0.2, -0.15) is 5.26 Å². The summed E-state index contributed by atoms with van der Waals surface area (Å²) >= 11 is 0. The molecule has 1 aromatic carbocycles. The Hall–Kier alpha value is -1.53. The van der Waals surface area contributed by atoms with Crippen LogP contribution in [-0.2, 0) is 11.2 Å². The molecule has 1 aromatic rings. The molecule has 18 heavy (non-hydrogen) atoms. The number of nitriles is 1. The Kier molecular flexibility index (Phi) is 5.18. The summed E-state index contributed by atoms with van der Waals surface area (Å²) in [5.74, 6) is 0. The maximum absolute atomic E-state index is 8.61. The molecule has 0 aliphatic carbocycles. The van der Waals surface area contributed by atoms with Crippen LogP contribution in [-0.4, -0.2) is 18.8 Å². The molecular formula is C15H22N2O. The van der Waals surface area contributed by atoms with E-state index < -0.39 is 0 Å². The van der Waals surface area contributed by atoms with Gasteiger partial charge in [0.25, 0.3) is 0 Å². The van der Waals surface area contributed by atoms with Gasteiger partial charge < -0.3 is 10.1 Å².